The van der Waals surface area contributed by atoms with Crippen LogP contribution in [0, 0.1) is 0 Å². The number of carbonyl (C=O) groups excluding carboxylic acids is 1. The highest BCUT2D eigenvalue weighted by Gasteiger charge is 2.30. The van der Waals surface area contributed by atoms with Gasteiger partial charge < -0.3 is 23.9 Å². The molecule has 3 aromatic rings. The van der Waals surface area contributed by atoms with E-state index in [1.807, 2.05) is 12.1 Å². The zero-order valence-corrected chi connectivity index (χ0v) is 18.1. The molecule has 4 heterocycles. The summed E-state index contributed by atoms with van der Waals surface area (Å²) in [5.41, 5.74) is 2.17. The summed E-state index contributed by atoms with van der Waals surface area (Å²) in [5, 5.41) is 3.92. The third-order valence-corrected chi connectivity index (χ3v) is 6.76. The second-order valence-electron chi connectivity index (χ2n) is 7.45. The minimum Gasteiger partial charge on any atom is -0.459 e. The molecule has 5 rings (SSSR count). The molecule has 1 fully saturated rings. The fourth-order valence-corrected chi connectivity index (χ4v) is 5.04. The van der Waals surface area contributed by atoms with E-state index in [0.717, 1.165) is 47.1 Å². The summed E-state index contributed by atoms with van der Waals surface area (Å²) in [6.45, 7) is 5.34. The molecule has 0 saturated carbocycles. The molecule has 2 aliphatic rings. The number of furan rings is 1. The molecule has 7 nitrogen and oxygen atoms in total. The van der Waals surface area contributed by atoms with E-state index in [0.29, 0.717) is 19.0 Å². The van der Waals surface area contributed by atoms with Crippen LogP contribution >= 0.6 is 11.3 Å². The van der Waals surface area contributed by atoms with Crippen molar-refractivity contribution in [2.24, 2.45) is 0 Å². The van der Waals surface area contributed by atoms with Gasteiger partial charge >= 0.3 is 0 Å². The molecule has 1 saturated heterocycles. The molecule has 0 bridgehead atoms. The molecular weight excluding hydrogens is 416 g/mol. The van der Waals surface area contributed by atoms with Crippen LogP contribution in [0.3, 0.4) is 0 Å². The van der Waals surface area contributed by atoms with Crippen molar-refractivity contribution in [1.82, 2.24) is 4.90 Å². The molecule has 2 aliphatic heterocycles. The molecule has 0 radical (unpaired) electrons. The molecule has 0 spiro atoms. The maximum Gasteiger partial charge on any atom is 0.291 e. The van der Waals surface area contributed by atoms with Crippen molar-refractivity contribution < 1.29 is 23.4 Å². The Kier molecular flexibility index (Phi) is 5.67. The van der Waals surface area contributed by atoms with Crippen LogP contribution in [0.25, 0.3) is 0 Å². The molecule has 0 unspecified atom stereocenters. The van der Waals surface area contributed by atoms with Gasteiger partial charge in [-0.05, 0) is 42.3 Å². The number of rotatable bonds is 6. The van der Waals surface area contributed by atoms with Gasteiger partial charge in [-0.2, -0.15) is 0 Å². The average Bonchev–Trinajstić information content (AvgIpc) is 3.56. The third-order valence-electron chi connectivity index (χ3n) is 5.55. The number of nitrogens with one attached hydrogen (secondary N) is 1. The lowest BCUT2D eigenvalue weighted by Gasteiger charge is -2.35. The van der Waals surface area contributed by atoms with Crippen molar-refractivity contribution in [1.29, 1.82) is 0 Å². The lowest BCUT2D eigenvalue weighted by molar-refractivity contribution is 0.0241. The first kappa shape index (κ1) is 20.1. The first-order valence-electron chi connectivity index (χ1n) is 10.4. The van der Waals surface area contributed by atoms with Crippen LogP contribution in [0.5, 0.6) is 11.5 Å². The van der Waals surface area contributed by atoms with Crippen molar-refractivity contribution >= 4 is 22.2 Å². The van der Waals surface area contributed by atoms with Gasteiger partial charge in [-0.25, -0.2) is 0 Å². The van der Waals surface area contributed by atoms with Crippen LogP contribution < -0.4 is 14.8 Å². The van der Waals surface area contributed by atoms with Crippen LogP contribution in [0.1, 0.15) is 39.5 Å². The van der Waals surface area contributed by atoms with E-state index in [2.05, 4.69) is 29.3 Å². The summed E-state index contributed by atoms with van der Waals surface area (Å²) >= 11 is 1.61. The van der Waals surface area contributed by atoms with E-state index in [1.165, 1.54) is 11.1 Å². The first-order valence-corrected chi connectivity index (χ1v) is 11.2. The van der Waals surface area contributed by atoms with Gasteiger partial charge in [-0.3, -0.25) is 9.69 Å². The highest BCUT2D eigenvalue weighted by atomic mass is 32.1. The number of amides is 1. The van der Waals surface area contributed by atoms with Gasteiger partial charge in [-0.15, -0.1) is 11.3 Å². The molecule has 0 aliphatic carbocycles. The Morgan fingerprint density at radius 3 is 2.77 bits per heavy atom. The Hall–Kier alpha value is -2.81. The maximum atomic E-state index is 12.7. The molecule has 1 amide bonds. The highest BCUT2D eigenvalue weighted by molar-refractivity contribution is 7.16. The predicted molar refractivity (Wildman–Crippen MR) is 117 cm³/mol. The van der Waals surface area contributed by atoms with E-state index < -0.39 is 0 Å². The lowest BCUT2D eigenvalue weighted by Crippen LogP contribution is -2.39. The van der Waals surface area contributed by atoms with E-state index in [4.69, 9.17) is 18.6 Å². The van der Waals surface area contributed by atoms with Gasteiger partial charge in [-0.1, -0.05) is 13.0 Å². The molecule has 31 heavy (non-hydrogen) atoms. The number of hydrogen-bond acceptors (Lipinski definition) is 7. The smallest absolute Gasteiger partial charge is 0.291 e. The second kappa shape index (κ2) is 8.74. The number of fused-ring (bicyclic) bond motifs is 1. The van der Waals surface area contributed by atoms with Crippen molar-refractivity contribution in [3.05, 3.63) is 64.4 Å². The van der Waals surface area contributed by atoms with Crippen molar-refractivity contribution in [2.75, 3.05) is 38.4 Å². The molecule has 162 valence electrons. The monoisotopic (exact) mass is 440 g/mol. The fourth-order valence-electron chi connectivity index (χ4n) is 4.01. The van der Waals surface area contributed by atoms with Crippen LogP contribution in [0.15, 0.2) is 47.1 Å². The maximum absolute atomic E-state index is 12.7. The van der Waals surface area contributed by atoms with Gasteiger partial charge in [0.2, 0.25) is 6.79 Å². The highest BCUT2D eigenvalue weighted by Crippen LogP contribution is 2.42. The molecule has 1 N–H and O–H groups in total. The first-order chi connectivity index (χ1) is 15.2. The lowest BCUT2D eigenvalue weighted by atomic mass is 9.97. The van der Waals surface area contributed by atoms with Crippen LogP contribution in [-0.2, 0) is 11.2 Å². The minimum atomic E-state index is -0.248. The van der Waals surface area contributed by atoms with Gasteiger partial charge in [0.1, 0.15) is 5.00 Å². The molecular formula is C23H24N2O5S. The summed E-state index contributed by atoms with van der Waals surface area (Å²) in [5.74, 6) is 1.56. The number of thiophene rings is 1. The van der Waals surface area contributed by atoms with Crippen molar-refractivity contribution in [3.63, 3.8) is 0 Å². The number of aryl methyl sites for hydroxylation is 1. The van der Waals surface area contributed by atoms with Crippen LogP contribution in [0.2, 0.25) is 0 Å². The number of hydrogen-bond donors (Lipinski definition) is 1. The summed E-state index contributed by atoms with van der Waals surface area (Å²) < 4.78 is 22.0. The number of anilines is 1. The van der Waals surface area contributed by atoms with Gasteiger partial charge in [0.15, 0.2) is 17.3 Å². The normalized spacial score (nSPS) is 16.9. The average molecular weight is 441 g/mol. The van der Waals surface area contributed by atoms with Crippen molar-refractivity contribution in [3.8, 4) is 11.5 Å². The third kappa shape index (κ3) is 4.06. The van der Waals surface area contributed by atoms with E-state index in [1.54, 1.807) is 23.5 Å². The SMILES string of the molecule is CCc1cc([C@H](c2ccc3c(c2)OCO3)N2CCOCC2)c(NC(=O)c2ccco2)s1. The minimum absolute atomic E-state index is 0.0400. The largest absolute Gasteiger partial charge is 0.459 e. The summed E-state index contributed by atoms with van der Waals surface area (Å²) in [4.78, 5) is 16.4. The zero-order valence-electron chi connectivity index (χ0n) is 17.3. The van der Waals surface area contributed by atoms with E-state index >= 15 is 0 Å². The zero-order chi connectivity index (χ0) is 21.2. The summed E-state index contributed by atoms with van der Waals surface area (Å²) in [7, 11) is 0. The summed E-state index contributed by atoms with van der Waals surface area (Å²) in [6.07, 6.45) is 2.40. The van der Waals surface area contributed by atoms with E-state index in [9.17, 15) is 4.79 Å². The van der Waals surface area contributed by atoms with Crippen LogP contribution in [-0.4, -0.2) is 43.9 Å². The molecule has 2 aromatic heterocycles. The van der Waals surface area contributed by atoms with Gasteiger partial charge in [0.05, 0.1) is 25.5 Å². The fraction of sp³-hybridized carbons (Fsp3) is 0.348. The Balaban J connectivity index is 1.55. The summed E-state index contributed by atoms with van der Waals surface area (Å²) in [6, 6.07) is 11.6. The molecule has 1 aromatic carbocycles. The van der Waals surface area contributed by atoms with Crippen LogP contribution in [0.4, 0.5) is 5.00 Å². The number of nitrogens with zero attached hydrogens (tertiary/aromatic N) is 1. The van der Waals surface area contributed by atoms with Crippen molar-refractivity contribution in [2.45, 2.75) is 19.4 Å². The number of benzene rings is 1. The Morgan fingerprint density at radius 2 is 2.00 bits per heavy atom. The number of ether oxygens (including phenoxy) is 3. The van der Waals surface area contributed by atoms with E-state index in [-0.39, 0.29) is 18.7 Å². The van der Waals surface area contributed by atoms with Gasteiger partial charge in [0.25, 0.3) is 5.91 Å². The predicted octanol–water partition coefficient (Wildman–Crippen LogP) is 4.31. The second-order valence-corrected chi connectivity index (χ2v) is 8.58. The molecule has 8 heteroatoms. The number of carbonyl (C=O) groups is 1. The topological polar surface area (TPSA) is 73.2 Å². The van der Waals surface area contributed by atoms with Gasteiger partial charge in [0, 0.05) is 23.5 Å². The Labute approximate surface area is 184 Å². The Bertz CT molecular complexity index is 1060. The Morgan fingerprint density at radius 1 is 1.16 bits per heavy atom. The number of morpholine rings is 1. The quantitative estimate of drug-likeness (QED) is 0.616. The molecule has 1 atom stereocenters. The standard InChI is InChI=1S/C23H24N2O5S/c1-2-16-13-17(23(31-16)24-22(26)19-4-3-9-28-19)21(25-7-10-27-11-8-25)15-5-6-18-20(12-15)30-14-29-18/h3-6,9,12-13,21H,2,7-8,10-11,14H2,1H3,(H,24,26)/t21-/m0/s1.